The number of hydrogen-bond acceptors (Lipinski definition) is 8. The number of ketones is 1. The van der Waals surface area contributed by atoms with Crippen molar-refractivity contribution in [2.45, 2.75) is 108 Å². The minimum absolute atomic E-state index is 0.0279. The molecule has 2 aromatic carbocycles. The molecule has 286 valence electrons. The fourth-order valence-electron chi connectivity index (χ4n) is 6.46. The monoisotopic (exact) mass is 730 g/mol. The normalized spacial score (nSPS) is 18.0. The van der Waals surface area contributed by atoms with Crippen LogP contribution < -0.4 is 14.2 Å². The largest absolute Gasteiger partial charge is 0.492 e. The van der Waals surface area contributed by atoms with Crippen LogP contribution >= 0.6 is 0 Å². The highest BCUT2D eigenvalue weighted by atomic mass is 19.4. The van der Waals surface area contributed by atoms with E-state index in [2.05, 4.69) is 25.1 Å². The number of fused-ring (bicyclic) bond motifs is 1. The second-order valence-corrected chi connectivity index (χ2v) is 13.1. The Morgan fingerprint density at radius 1 is 0.863 bits per heavy atom. The van der Waals surface area contributed by atoms with E-state index >= 15 is 0 Å². The van der Waals surface area contributed by atoms with Gasteiger partial charge in [0.15, 0.2) is 13.6 Å². The zero-order valence-corrected chi connectivity index (χ0v) is 30.0. The van der Waals surface area contributed by atoms with E-state index in [9.17, 15) is 31.5 Å². The van der Waals surface area contributed by atoms with Crippen molar-refractivity contribution in [3.8, 4) is 17.2 Å². The maximum Gasteiger partial charge on any atom is 0.453 e. The maximum absolute atomic E-state index is 13.4. The molecular weight excluding hydrogens is 679 g/mol. The molecule has 0 aliphatic carbocycles. The lowest BCUT2D eigenvalue weighted by Crippen LogP contribution is -2.40. The fourth-order valence-corrected chi connectivity index (χ4v) is 6.46. The van der Waals surface area contributed by atoms with Crippen LogP contribution in [0.2, 0.25) is 0 Å². The zero-order valence-electron chi connectivity index (χ0n) is 30.0. The number of benzene rings is 2. The van der Waals surface area contributed by atoms with Crippen molar-refractivity contribution in [1.82, 2.24) is 0 Å². The van der Waals surface area contributed by atoms with Gasteiger partial charge < -0.3 is 28.4 Å². The number of ether oxygens (including phenoxy) is 6. The van der Waals surface area contributed by atoms with E-state index in [4.69, 9.17) is 28.4 Å². The summed E-state index contributed by atoms with van der Waals surface area (Å²) in [6.45, 7) is 4.50. The molecule has 0 aromatic heterocycles. The van der Waals surface area contributed by atoms with Crippen molar-refractivity contribution < 1.29 is 60.0 Å². The highest BCUT2D eigenvalue weighted by Crippen LogP contribution is 2.50. The van der Waals surface area contributed by atoms with Crippen LogP contribution in [-0.4, -0.2) is 64.9 Å². The molecule has 0 saturated carbocycles. The van der Waals surface area contributed by atoms with Crippen LogP contribution in [0.15, 0.2) is 42.5 Å². The number of methoxy groups -OCH3 is 2. The SMILES string of the molecule is CCOC(=O)C(CCCCCCCCC[C@@H]1c2ccc(OCOC)cc2OC[C@]1(C)c1ccc(OCOC)cc1)C(=O)CCC(F)(F)C(F)(F)F. The summed E-state index contributed by atoms with van der Waals surface area (Å²) >= 11 is 0. The molecule has 8 nitrogen and oxygen atoms in total. The van der Waals surface area contributed by atoms with Gasteiger partial charge in [-0.1, -0.05) is 70.1 Å². The molecule has 0 saturated heterocycles. The molecule has 0 bridgehead atoms. The molecule has 0 N–H and O–H groups in total. The summed E-state index contributed by atoms with van der Waals surface area (Å²) < 4.78 is 96.8. The van der Waals surface area contributed by atoms with Crippen molar-refractivity contribution in [1.29, 1.82) is 0 Å². The Bertz CT molecular complexity index is 1370. The third kappa shape index (κ3) is 12.1. The van der Waals surface area contributed by atoms with Gasteiger partial charge in [0.25, 0.3) is 0 Å². The maximum atomic E-state index is 13.4. The Morgan fingerprint density at radius 2 is 1.45 bits per heavy atom. The van der Waals surface area contributed by atoms with Gasteiger partial charge in [0.1, 0.15) is 28.9 Å². The Hall–Kier alpha value is -3.45. The standard InChI is InChI=1S/C38H51F5O8/c1-5-48-35(45)31(33(44)21-22-37(39,40)38(41,42)43)13-11-9-7-6-8-10-12-14-32-30-20-19-29(51-26-47-4)23-34(30)49-24-36(32,2)27-15-17-28(18-16-27)50-25-46-3/h15-20,23,31-32H,5-14,21-22,24-26H2,1-4H3/t31?,32-,36-/m1/s1. The number of esters is 1. The summed E-state index contributed by atoms with van der Waals surface area (Å²) in [5.41, 5.74) is 1.94. The van der Waals surface area contributed by atoms with Crippen molar-refractivity contribution in [2.75, 3.05) is 41.0 Å². The highest BCUT2D eigenvalue weighted by Gasteiger charge is 2.57. The van der Waals surface area contributed by atoms with Crippen LogP contribution in [0.4, 0.5) is 22.0 Å². The quantitative estimate of drug-likeness (QED) is 0.0368. The zero-order chi connectivity index (χ0) is 37.5. The number of carbonyl (C=O) groups excluding carboxylic acids is 2. The molecule has 0 radical (unpaired) electrons. The van der Waals surface area contributed by atoms with Crippen LogP contribution in [-0.2, 0) is 29.2 Å². The first kappa shape index (κ1) is 42.0. The average molecular weight is 731 g/mol. The second-order valence-electron chi connectivity index (χ2n) is 13.1. The van der Waals surface area contributed by atoms with E-state index in [1.165, 1.54) is 6.92 Å². The van der Waals surface area contributed by atoms with Crippen molar-refractivity contribution in [2.24, 2.45) is 5.92 Å². The molecule has 1 aliphatic rings. The summed E-state index contributed by atoms with van der Waals surface area (Å²) in [6, 6.07) is 13.9. The van der Waals surface area contributed by atoms with Gasteiger partial charge in [0.2, 0.25) is 0 Å². The number of hydrogen-bond donors (Lipinski definition) is 0. The Kier molecular flexibility index (Phi) is 16.4. The molecule has 3 atom stereocenters. The molecule has 0 spiro atoms. The van der Waals surface area contributed by atoms with Gasteiger partial charge in [0.05, 0.1) is 13.2 Å². The molecule has 2 aromatic rings. The molecule has 13 heteroatoms. The van der Waals surface area contributed by atoms with Crippen molar-refractivity contribution >= 4 is 11.8 Å². The number of alkyl halides is 5. The summed E-state index contributed by atoms with van der Waals surface area (Å²) in [4.78, 5) is 24.8. The summed E-state index contributed by atoms with van der Waals surface area (Å²) in [5, 5.41) is 0. The molecule has 0 fully saturated rings. The van der Waals surface area contributed by atoms with E-state index < -0.39 is 42.6 Å². The van der Waals surface area contributed by atoms with Crippen LogP contribution in [0.5, 0.6) is 17.2 Å². The van der Waals surface area contributed by atoms with Crippen LogP contribution in [0, 0.1) is 5.92 Å². The predicted octanol–water partition coefficient (Wildman–Crippen LogP) is 9.32. The Labute approximate surface area is 297 Å². The molecule has 1 unspecified atom stereocenters. The minimum atomic E-state index is -5.75. The summed E-state index contributed by atoms with van der Waals surface area (Å²) in [6.07, 6.45) is -1.72. The van der Waals surface area contributed by atoms with Gasteiger partial charge in [0, 0.05) is 44.5 Å². The number of unbranched alkanes of at least 4 members (excludes halogenated alkanes) is 6. The lowest BCUT2D eigenvalue weighted by Gasteiger charge is -2.43. The predicted molar refractivity (Wildman–Crippen MR) is 180 cm³/mol. The van der Waals surface area contributed by atoms with E-state index in [-0.39, 0.29) is 37.9 Å². The smallest absolute Gasteiger partial charge is 0.453 e. The van der Waals surface area contributed by atoms with E-state index in [1.54, 1.807) is 14.2 Å². The third-order valence-corrected chi connectivity index (χ3v) is 9.40. The van der Waals surface area contributed by atoms with Gasteiger partial charge in [-0.15, -0.1) is 0 Å². The lowest BCUT2D eigenvalue weighted by atomic mass is 9.66. The molecular formula is C38H51F5O8. The van der Waals surface area contributed by atoms with E-state index in [0.717, 1.165) is 55.4 Å². The fraction of sp³-hybridized carbons (Fsp3) is 0.632. The van der Waals surface area contributed by atoms with Gasteiger partial charge >= 0.3 is 18.1 Å². The Morgan fingerprint density at radius 3 is 2.06 bits per heavy atom. The number of Topliss-reactive ketones (excluding diaryl/α,β-unsaturated/α-hetero) is 1. The molecule has 51 heavy (non-hydrogen) atoms. The average Bonchev–Trinajstić information content (AvgIpc) is 3.10. The van der Waals surface area contributed by atoms with Gasteiger partial charge in [-0.25, -0.2) is 0 Å². The first-order valence-corrected chi connectivity index (χ1v) is 17.5. The second kappa shape index (κ2) is 20.0. The third-order valence-electron chi connectivity index (χ3n) is 9.40. The Balaban J connectivity index is 1.54. The molecule has 1 heterocycles. The van der Waals surface area contributed by atoms with Crippen LogP contribution in [0.3, 0.4) is 0 Å². The van der Waals surface area contributed by atoms with Crippen LogP contribution in [0.1, 0.15) is 102 Å². The molecule has 0 amide bonds. The van der Waals surface area contributed by atoms with E-state index in [1.807, 2.05) is 24.3 Å². The minimum Gasteiger partial charge on any atom is -0.492 e. The molecule has 1 aliphatic heterocycles. The van der Waals surface area contributed by atoms with Gasteiger partial charge in [-0.3, -0.25) is 9.59 Å². The first-order valence-electron chi connectivity index (χ1n) is 17.5. The first-order chi connectivity index (χ1) is 24.3. The topological polar surface area (TPSA) is 89.5 Å². The van der Waals surface area contributed by atoms with Crippen molar-refractivity contribution in [3.05, 3.63) is 53.6 Å². The van der Waals surface area contributed by atoms with Crippen molar-refractivity contribution in [3.63, 3.8) is 0 Å². The molecule has 3 rings (SSSR count). The summed E-state index contributed by atoms with van der Waals surface area (Å²) in [7, 11) is 3.14. The van der Waals surface area contributed by atoms with Gasteiger partial charge in [-0.2, -0.15) is 22.0 Å². The number of rotatable bonds is 23. The summed E-state index contributed by atoms with van der Waals surface area (Å²) in [5.74, 6) is -5.84. The van der Waals surface area contributed by atoms with E-state index in [0.29, 0.717) is 30.9 Å². The number of halogens is 5. The number of carbonyl (C=O) groups is 2. The lowest BCUT2D eigenvalue weighted by molar-refractivity contribution is -0.284. The van der Waals surface area contributed by atoms with Gasteiger partial charge in [-0.05, 0) is 49.1 Å². The highest BCUT2D eigenvalue weighted by molar-refractivity contribution is 5.99. The van der Waals surface area contributed by atoms with Crippen LogP contribution in [0.25, 0.3) is 0 Å².